The number of halogens is 3. The van der Waals surface area contributed by atoms with Crippen LogP contribution in [0.5, 0.6) is 0 Å². The molecule has 0 rings (SSSR count). The molecule has 0 spiro atoms. The van der Waals surface area contributed by atoms with Gasteiger partial charge in [0.2, 0.25) is 5.91 Å². The van der Waals surface area contributed by atoms with Crippen molar-refractivity contribution in [3.8, 4) is 0 Å². The number of Topliss-reactive ketones (excluding diaryl/α,β-unsaturated/α-hetero) is 1. The quantitative estimate of drug-likeness (QED) is 0.119. The van der Waals surface area contributed by atoms with Gasteiger partial charge in [0.15, 0.2) is 28.3 Å². The van der Waals surface area contributed by atoms with Gasteiger partial charge in [0.25, 0.3) is 6.47 Å². The number of hydrogen-bond donors (Lipinski definition) is 4. The Labute approximate surface area is 220 Å². The first-order valence-corrected chi connectivity index (χ1v) is 27.5. The molecule has 0 radical (unpaired) electrons. The molecule has 1 atom stereocenters. The summed E-state index contributed by atoms with van der Waals surface area (Å²) < 4.78 is 6.19. The van der Waals surface area contributed by atoms with Crippen LogP contribution in [0, 0.1) is 5.92 Å². The fourth-order valence-electron chi connectivity index (χ4n) is 2.12. The molecule has 0 aromatic heterocycles. The molecule has 0 saturated carbocycles. The van der Waals surface area contributed by atoms with Crippen LogP contribution < -0.4 is 10.6 Å². The van der Waals surface area contributed by atoms with Gasteiger partial charge in [-0.25, -0.2) is 0 Å². The van der Waals surface area contributed by atoms with Crippen LogP contribution in [0.4, 0.5) is 0 Å². The molecule has 0 aliphatic carbocycles. The zero-order valence-electron chi connectivity index (χ0n) is 16.6. The number of amides is 1. The minimum absolute atomic E-state index is 0. The molecule has 9 nitrogen and oxygen atoms in total. The van der Waals surface area contributed by atoms with Crippen molar-refractivity contribution in [1.82, 2.24) is 10.6 Å². The van der Waals surface area contributed by atoms with Gasteiger partial charge in [0.1, 0.15) is 0 Å². The normalized spacial score (nSPS) is 11.1. The molecule has 4 N–H and O–H groups in total. The number of ketones is 1. The Hall–Kier alpha value is 1.21. The van der Waals surface area contributed by atoms with Crippen LogP contribution in [0.15, 0.2) is 0 Å². The van der Waals surface area contributed by atoms with E-state index in [1.165, 1.54) is 0 Å². The number of carboxylic acids is 1. The number of carbonyl (C=O) groups excluding carboxylic acids is 2. The summed E-state index contributed by atoms with van der Waals surface area (Å²) in [6.07, 6.45) is 1.08. The van der Waals surface area contributed by atoms with Crippen LogP contribution in [-0.4, -0.2) is 70.4 Å². The third-order valence-electron chi connectivity index (χ3n) is 2.76. The van der Waals surface area contributed by atoms with Crippen molar-refractivity contribution in [2.75, 3.05) is 19.4 Å². The zero-order chi connectivity index (χ0) is 23.1. The van der Waals surface area contributed by atoms with Gasteiger partial charge in [-0.1, -0.05) is 14.9 Å². The first kappa shape index (κ1) is 41.5. The Kier molecular flexibility index (Phi) is 30.4. The van der Waals surface area contributed by atoms with Gasteiger partial charge < -0.3 is 25.0 Å². The zero-order valence-corrected chi connectivity index (χ0v) is 26.5. The molecule has 0 aliphatic rings. The minimum atomic E-state index is -2.17. The van der Waals surface area contributed by atoms with E-state index in [1.54, 1.807) is 0 Å². The second kappa shape index (κ2) is 22.0. The number of hydrogen-bond acceptors (Lipinski definition) is 6. The van der Waals surface area contributed by atoms with E-state index in [1.807, 2.05) is 20.1 Å². The first-order valence-electron chi connectivity index (χ1n) is 7.78. The predicted octanol–water partition coefficient (Wildman–Crippen LogP) is 3.74. The monoisotopic (exact) mass is 844 g/mol. The molecular formula is C15H36I3N2O7Si2V. The van der Waals surface area contributed by atoms with Crippen LogP contribution in [0.2, 0.25) is 26.2 Å². The van der Waals surface area contributed by atoms with Crippen LogP contribution in [0.25, 0.3) is 0 Å². The Morgan fingerprint density at radius 2 is 1.40 bits per heavy atom. The average Bonchev–Trinajstić information content (AvgIpc) is 2.43. The number of nitrogens with one attached hydrogen (secondary N) is 2. The van der Waals surface area contributed by atoms with Crippen molar-refractivity contribution in [1.29, 1.82) is 0 Å². The van der Waals surface area contributed by atoms with Crippen molar-refractivity contribution >= 4 is 101 Å². The van der Waals surface area contributed by atoms with E-state index < -0.39 is 40.2 Å². The molecule has 0 saturated heterocycles. The van der Waals surface area contributed by atoms with E-state index in [9.17, 15) is 14.4 Å². The van der Waals surface area contributed by atoms with E-state index in [0.29, 0.717) is 0 Å². The number of aliphatic carboxylic acids is 1. The second-order valence-corrected chi connectivity index (χ2v) is 50.5. The summed E-state index contributed by atoms with van der Waals surface area (Å²) >= 11 is 7.39. The van der Waals surface area contributed by atoms with Crippen LogP contribution in [0.1, 0.15) is 21.8 Å². The maximum atomic E-state index is 11.8. The molecule has 30 heavy (non-hydrogen) atoms. The Balaban J connectivity index is -0.000000201. The van der Waals surface area contributed by atoms with Gasteiger partial charge in [0, 0.05) is 12.3 Å². The van der Waals surface area contributed by atoms with Gasteiger partial charge in [-0.05, 0) is 40.2 Å². The SMILES string of the molecule is C.C.CNC[Si](C)(C)O[Si](C)(C)CNC(=O)C(C(C)=O)C(=O)O.O=CO.[I][V]([I])[I]. The molecule has 182 valence electrons. The standard InChI is InChI=1S/C12H26N2O5Si2.CH2O2.2CH4.3HI.V/c1-9(15)10(12(17)18)11(16)14-8-21(5,6)19-20(3,4)7-13-2;2-1-3;;;;;;/h10,13H,7-8H2,1-6H3,(H,14,16)(H,17,18);1H,(H,2,3);2*1H4;3*1H;/q;;;;;;;+3/p-3. The maximum absolute atomic E-state index is 11.8. The molecule has 0 bridgehead atoms. The molecule has 0 aromatic rings. The van der Waals surface area contributed by atoms with E-state index in [2.05, 4.69) is 83.7 Å². The third-order valence-corrected chi connectivity index (χ3v) is 9.41. The summed E-state index contributed by atoms with van der Waals surface area (Å²) in [5.41, 5.74) is 0. The van der Waals surface area contributed by atoms with Crippen LogP contribution >= 0.6 is 59.9 Å². The van der Waals surface area contributed by atoms with Gasteiger partial charge in [0.05, 0.1) is 0 Å². The summed E-state index contributed by atoms with van der Waals surface area (Å²) in [6.45, 7) is 8.92. The molecule has 0 aliphatic heterocycles. The van der Waals surface area contributed by atoms with Crippen molar-refractivity contribution in [3.05, 3.63) is 0 Å². The molecule has 0 fully saturated rings. The topological polar surface area (TPSA) is 142 Å². The summed E-state index contributed by atoms with van der Waals surface area (Å²) in [5.74, 6) is -4.51. The number of rotatable bonds is 9. The van der Waals surface area contributed by atoms with Crippen molar-refractivity contribution in [2.45, 2.75) is 48.0 Å². The van der Waals surface area contributed by atoms with Gasteiger partial charge in [-0.15, -0.1) is 0 Å². The fourth-order valence-corrected chi connectivity index (χ4v) is 10.1. The molecular weight excluding hydrogens is 808 g/mol. The first-order chi connectivity index (χ1) is 12.6. The summed E-state index contributed by atoms with van der Waals surface area (Å²) in [5, 5.41) is 21.4. The van der Waals surface area contributed by atoms with Crippen molar-refractivity contribution in [3.63, 3.8) is 0 Å². The third kappa shape index (κ3) is 27.2. The van der Waals surface area contributed by atoms with Crippen LogP contribution in [0.3, 0.4) is 0 Å². The second-order valence-electron chi connectivity index (χ2n) is 6.55. The van der Waals surface area contributed by atoms with E-state index >= 15 is 0 Å². The van der Waals surface area contributed by atoms with Gasteiger partial charge in [-0.2, -0.15) is 0 Å². The Bertz CT molecular complexity index is 500. The molecule has 15 heteroatoms. The van der Waals surface area contributed by atoms with Crippen LogP contribution in [-0.2, 0) is 28.2 Å². The Morgan fingerprint density at radius 1 is 1.07 bits per heavy atom. The number of carbonyl (C=O) groups is 4. The molecule has 1 amide bonds. The van der Waals surface area contributed by atoms with E-state index in [-0.39, 0.29) is 32.4 Å². The van der Waals surface area contributed by atoms with Crippen molar-refractivity contribution in [2.24, 2.45) is 5.92 Å². The van der Waals surface area contributed by atoms with Gasteiger partial charge in [-0.3, -0.25) is 19.2 Å². The summed E-state index contributed by atoms with van der Waals surface area (Å²) in [7, 11) is -2.17. The van der Waals surface area contributed by atoms with Gasteiger partial charge >= 0.3 is 70.8 Å². The average molecular weight is 844 g/mol. The Morgan fingerprint density at radius 3 is 1.67 bits per heavy atom. The summed E-state index contributed by atoms with van der Waals surface area (Å²) in [6, 6.07) is 0. The van der Waals surface area contributed by atoms with E-state index in [4.69, 9.17) is 19.1 Å². The predicted molar refractivity (Wildman–Crippen MR) is 149 cm³/mol. The van der Waals surface area contributed by atoms with Crippen molar-refractivity contribution < 1.29 is 38.4 Å². The molecule has 0 heterocycles. The summed E-state index contributed by atoms with van der Waals surface area (Å²) in [4.78, 5) is 42.0. The fraction of sp³-hybridized carbons (Fsp3) is 0.733. The molecule has 0 aromatic carbocycles. The number of carboxylic acid groups (broad SMARTS) is 2. The van der Waals surface area contributed by atoms with E-state index in [0.717, 1.165) is 13.1 Å². The molecule has 1 unspecified atom stereocenters.